The summed E-state index contributed by atoms with van der Waals surface area (Å²) in [6, 6.07) is 6.56. The highest BCUT2D eigenvalue weighted by molar-refractivity contribution is 7.91. The lowest BCUT2D eigenvalue weighted by Crippen LogP contribution is -2.47. The summed E-state index contributed by atoms with van der Waals surface area (Å²) >= 11 is 0. The summed E-state index contributed by atoms with van der Waals surface area (Å²) in [5.74, 6) is -2.01. The van der Waals surface area contributed by atoms with Gasteiger partial charge in [0.25, 0.3) is 5.91 Å². The molecule has 1 aliphatic carbocycles. The molecule has 1 aromatic carbocycles. The van der Waals surface area contributed by atoms with Crippen molar-refractivity contribution in [2.24, 2.45) is 5.92 Å². The van der Waals surface area contributed by atoms with Crippen molar-refractivity contribution in [3.63, 3.8) is 0 Å². The number of aromatic nitrogens is 2. The number of nitrogens with zero attached hydrogens (tertiary/aromatic N) is 3. The molecule has 1 aliphatic rings. The van der Waals surface area contributed by atoms with Crippen LogP contribution in [-0.4, -0.2) is 66.1 Å². The Balaban J connectivity index is 1.86. The van der Waals surface area contributed by atoms with E-state index in [1.54, 1.807) is 13.0 Å². The Morgan fingerprint density at radius 3 is 2.51 bits per heavy atom. The molecule has 0 spiro atoms. The van der Waals surface area contributed by atoms with Crippen LogP contribution in [0.15, 0.2) is 18.2 Å². The highest BCUT2D eigenvalue weighted by atomic mass is 32.2. The van der Waals surface area contributed by atoms with Gasteiger partial charge in [0.2, 0.25) is 0 Å². The molecule has 39 heavy (non-hydrogen) atoms. The topological polar surface area (TPSA) is 134 Å². The molecule has 1 unspecified atom stereocenters. The molecule has 2 N–H and O–H groups in total. The normalized spacial score (nSPS) is 20.7. The van der Waals surface area contributed by atoms with E-state index < -0.39 is 38.7 Å². The average molecular weight is 571 g/mol. The molecule has 214 valence electrons. The quantitative estimate of drug-likeness (QED) is 0.470. The minimum atomic E-state index is -4.34. The maximum absolute atomic E-state index is 13.1. The summed E-state index contributed by atoms with van der Waals surface area (Å²) < 4.78 is 69.6. The van der Waals surface area contributed by atoms with Crippen LogP contribution in [0.5, 0.6) is 5.75 Å². The molecule has 1 fully saturated rings. The predicted molar refractivity (Wildman–Crippen MR) is 138 cm³/mol. The fourth-order valence-electron chi connectivity index (χ4n) is 4.82. The monoisotopic (exact) mass is 570 g/mol. The summed E-state index contributed by atoms with van der Waals surface area (Å²) in [4.78, 5) is 13.1. The van der Waals surface area contributed by atoms with E-state index in [1.165, 1.54) is 30.2 Å². The number of rotatable bonds is 9. The van der Waals surface area contributed by atoms with E-state index in [1.807, 2.05) is 6.07 Å². The van der Waals surface area contributed by atoms with Gasteiger partial charge in [0.05, 0.1) is 29.6 Å². The second-order valence-electron chi connectivity index (χ2n) is 10.1. The van der Waals surface area contributed by atoms with E-state index in [0.717, 1.165) is 6.92 Å². The molecule has 0 bridgehead atoms. The number of amides is 1. The Morgan fingerprint density at radius 1 is 1.36 bits per heavy atom. The Morgan fingerprint density at radius 2 is 2.00 bits per heavy atom. The molecule has 0 radical (unpaired) electrons. The summed E-state index contributed by atoms with van der Waals surface area (Å²) in [7, 11) is -1.86. The van der Waals surface area contributed by atoms with Crippen molar-refractivity contribution < 1.29 is 36.2 Å². The fraction of sp³-hybridized carbons (Fsp3) is 0.577. The largest absolute Gasteiger partial charge is 0.496 e. The number of benzene rings is 1. The second kappa shape index (κ2) is 11.6. The van der Waals surface area contributed by atoms with Crippen molar-refractivity contribution in [3.8, 4) is 23.1 Å². The van der Waals surface area contributed by atoms with Crippen LogP contribution in [0, 0.1) is 17.2 Å². The molecule has 0 saturated heterocycles. The summed E-state index contributed by atoms with van der Waals surface area (Å²) in [6.45, 7) is 2.99. The van der Waals surface area contributed by atoms with E-state index >= 15 is 0 Å². The highest BCUT2D eigenvalue weighted by Gasteiger charge is 2.38. The van der Waals surface area contributed by atoms with Crippen molar-refractivity contribution in [2.75, 3.05) is 19.9 Å². The van der Waals surface area contributed by atoms with Crippen molar-refractivity contribution in [3.05, 3.63) is 35.0 Å². The Kier molecular flexibility index (Phi) is 9.02. The molecule has 2 aromatic rings. The number of sulfone groups is 1. The van der Waals surface area contributed by atoms with Gasteiger partial charge in [-0.15, -0.1) is 0 Å². The first kappa shape index (κ1) is 30.4. The van der Waals surface area contributed by atoms with Crippen molar-refractivity contribution in [2.45, 2.75) is 69.5 Å². The van der Waals surface area contributed by atoms with Crippen molar-refractivity contribution >= 4 is 15.7 Å². The zero-order chi connectivity index (χ0) is 29.2. The Hall–Kier alpha value is -3.11. The van der Waals surface area contributed by atoms with E-state index in [9.17, 15) is 36.8 Å². The summed E-state index contributed by atoms with van der Waals surface area (Å²) in [5.41, 5.74) is -0.421. The maximum atomic E-state index is 13.1. The molecule has 1 amide bonds. The van der Waals surface area contributed by atoms with Crippen LogP contribution in [0.3, 0.4) is 0 Å². The number of nitrogens with one attached hydrogen (secondary N) is 1. The molecular formula is C26H33F3N4O5S. The van der Waals surface area contributed by atoms with Gasteiger partial charge in [-0.05, 0) is 56.7 Å². The van der Waals surface area contributed by atoms with E-state index in [4.69, 9.17) is 4.74 Å². The molecule has 1 aromatic heterocycles. The number of carbonyl (C=O) groups is 1. The van der Waals surface area contributed by atoms with Gasteiger partial charge >= 0.3 is 6.18 Å². The van der Waals surface area contributed by atoms with Crippen LogP contribution in [0.4, 0.5) is 13.2 Å². The lowest BCUT2D eigenvalue weighted by molar-refractivity contribution is -0.169. The van der Waals surface area contributed by atoms with Crippen LogP contribution < -0.4 is 10.1 Å². The molecule has 1 atom stereocenters. The molecule has 0 aliphatic heterocycles. The van der Waals surface area contributed by atoms with Crippen LogP contribution in [0.2, 0.25) is 0 Å². The first-order valence-corrected chi connectivity index (χ1v) is 14.5. The number of hydrogen-bond donors (Lipinski definition) is 2. The molecule has 9 nitrogen and oxygen atoms in total. The van der Waals surface area contributed by atoms with Gasteiger partial charge in [-0.1, -0.05) is 13.0 Å². The third-order valence-electron chi connectivity index (χ3n) is 7.25. The molecule has 1 heterocycles. The number of aliphatic hydroxyl groups is 1. The number of nitriles is 1. The lowest BCUT2D eigenvalue weighted by atomic mass is 9.84. The maximum Gasteiger partial charge on any atom is 0.391 e. The smallest absolute Gasteiger partial charge is 0.391 e. The third-order valence-corrected chi connectivity index (χ3v) is 8.93. The average Bonchev–Trinajstić information content (AvgIpc) is 3.25. The van der Waals surface area contributed by atoms with Gasteiger partial charge < -0.3 is 15.2 Å². The van der Waals surface area contributed by atoms with Crippen LogP contribution in [-0.2, 0) is 22.8 Å². The minimum absolute atomic E-state index is 0.0446. The third kappa shape index (κ3) is 6.91. The van der Waals surface area contributed by atoms with Crippen molar-refractivity contribution in [1.82, 2.24) is 15.1 Å². The fourth-order valence-corrected chi connectivity index (χ4v) is 5.91. The zero-order valence-corrected chi connectivity index (χ0v) is 23.1. The van der Waals surface area contributed by atoms with Crippen LogP contribution in [0.25, 0.3) is 11.3 Å². The summed E-state index contributed by atoms with van der Waals surface area (Å²) in [5, 5.41) is 27.2. The number of halogens is 3. The second-order valence-corrected chi connectivity index (χ2v) is 12.4. The standard InChI is InChI=1S/C26H33F3N4O5S/c1-5-33-23(19-7-6-17(13-21(19)38-3)12-16(2)26(27,28)29)20(14-30)22(32-33)24(34)31-15-25(35)10-8-18(9-11-25)39(4,36)37/h6-7,13,16,18,35H,5,8-12,15H2,1-4H3,(H,31,34). The van der Waals surface area contributed by atoms with Gasteiger partial charge in [0.1, 0.15) is 27.2 Å². The van der Waals surface area contributed by atoms with Crippen LogP contribution in [0.1, 0.15) is 61.1 Å². The molecule has 3 rings (SSSR count). The van der Waals surface area contributed by atoms with Gasteiger partial charge in [0, 0.05) is 24.9 Å². The SMILES string of the molecule is CCn1nc(C(=O)NCC2(O)CCC(S(C)(=O)=O)CC2)c(C#N)c1-c1ccc(CC(C)C(F)(F)F)cc1OC. The zero-order valence-electron chi connectivity index (χ0n) is 22.3. The molecule has 13 heteroatoms. The lowest BCUT2D eigenvalue weighted by Gasteiger charge is -2.35. The van der Waals surface area contributed by atoms with Crippen molar-refractivity contribution in [1.29, 1.82) is 5.26 Å². The van der Waals surface area contributed by atoms with Gasteiger partial charge in [-0.2, -0.15) is 23.5 Å². The number of carbonyl (C=O) groups excluding carboxylic acids is 1. The van der Waals surface area contributed by atoms with Gasteiger partial charge in [-0.25, -0.2) is 8.42 Å². The Bertz CT molecular complexity index is 1360. The number of hydrogen-bond acceptors (Lipinski definition) is 7. The number of aryl methyl sites for hydroxylation is 1. The van der Waals surface area contributed by atoms with E-state index in [0.29, 0.717) is 11.1 Å². The number of ether oxygens (including phenoxy) is 1. The molecule has 1 saturated carbocycles. The summed E-state index contributed by atoms with van der Waals surface area (Å²) in [6.07, 6.45) is -2.48. The Labute approximate surface area is 225 Å². The van der Waals surface area contributed by atoms with Gasteiger partial charge in [-0.3, -0.25) is 9.48 Å². The van der Waals surface area contributed by atoms with Crippen LogP contribution >= 0.6 is 0 Å². The first-order chi connectivity index (χ1) is 18.1. The number of methoxy groups -OCH3 is 1. The van der Waals surface area contributed by atoms with Gasteiger partial charge in [0.15, 0.2) is 5.69 Å². The molecular weight excluding hydrogens is 537 g/mol. The highest BCUT2D eigenvalue weighted by Crippen LogP contribution is 2.37. The predicted octanol–water partition coefficient (Wildman–Crippen LogP) is 3.64. The van der Waals surface area contributed by atoms with E-state index in [2.05, 4.69) is 10.4 Å². The minimum Gasteiger partial charge on any atom is -0.496 e. The van der Waals surface area contributed by atoms with E-state index in [-0.39, 0.29) is 67.9 Å². The number of alkyl halides is 3. The first-order valence-electron chi connectivity index (χ1n) is 12.6.